The van der Waals surface area contributed by atoms with Crippen molar-refractivity contribution in [2.45, 2.75) is 71.1 Å². The highest BCUT2D eigenvalue weighted by Crippen LogP contribution is 2.22. The lowest BCUT2D eigenvalue weighted by Crippen LogP contribution is -2.10. The van der Waals surface area contributed by atoms with Gasteiger partial charge in [0.25, 0.3) is 0 Å². The van der Waals surface area contributed by atoms with Gasteiger partial charge < -0.3 is 28.4 Å². The summed E-state index contributed by atoms with van der Waals surface area (Å²) < 4.78 is 32.1. The molecule has 0 aliphatic rings. The average molecular weight is 661 g/mol. The van der Waals surface area contributed by atoms with Crippen LogP contribution in [0, 0.1) is 0 Å². The fraction of sp³-hybridized carbons (Fsp3) is 0.368. The second-order valence-corrected chi connectivity index (χ2v) is 10.8. The fourth-order valence-corrected chi connectivity index (χ4v) is 4.38. The van der Waals surface area contributed by atoms with Crippen molar-refractivity contribution >= 4 is 23.9 Å². The van der Waals surface area contributed by atoms with Crippen LogP contribution >= 0.6 is 0 Å². The van der Waals surface area contributed by atoms with Crippen LogP contribution in [0.25, 0.3) is 0 Å². The SMILES string of the molecule is C=COC(=O)CCCCCCOc1ccc(C(=O)Oc2ccc(OC(=O)c3ccc(OCCCCCCOC(=O)CC)cc3)cc2)cc1. The molecule has 0 atom stereocenters. The van der Waals surface area contributed by atoms with Crippen LogP contribution in [0.3, 0.4) is 0 Å². The Morgan fingerprint density at radius 2 is 0.958 bits per heavy atom. The molecule has 256 valence electrons. The number of hydrogen-bond acceptors (Lipinski definition) is 10. The smallest absolute Gasteiger partial charge is 0.343 e. The molecule has 0 amide bonds. The average Bonchev–Trinajstić information content (AvgIpc) is 3.10. The highest BCUT2D eigenvalue weighted by atomic mass is 16.5. The molecular weight excluding hydrogens is 616 g/mol. The van der Waals surface area contributed by atoms with E-state index in [0.29, 0.717) is 66.8 Å². The van der Waals surface area contributed by atoms with Gasteiger partial charge in [-0.1, -0.05) is 26.3 Å². The van der Waals surface area contributed by atoms with Crippen molar-refractivity contribution in [2.75, 3.05) is 19.8 Å². The molecule has 48 heavy (non-hydrogen) atoms. The number of hydrogen-bond donors (Lipinski definition) is 0. The Balaban J connectivity index is 1.32. The first kappa shape index (κ1) is 37.3. The zero-order valence-electron chi connectivity index (χ0n) is 27.5. The van der Waals surface area contributed by atoms with E-state index in [0.717, 1.165) is 57.6 Å². The third-order valence-electron chi connectivity index (χ3n) is 7.04. The first-order valence-corrected chi connectivity index (χ1v) is 16.3. The van der Waals surface area contributed by atoms with Crippen LogP contribution in [0.1, 0.15) is 91.8 Å². The molecule has 10 heteroatoms. The highest BCUT2D eigenvalue weighted by molar-refractivity contribution is 5.92. The van der Waals surface area contributed by atoms with E-state index in [9.17, 15) is 19.2 Å². The van der Waals surface area contributed by atoms with E-state index in [1.807, 2.05) is 0 Å². The molecule has 0 spiro atoms. The Morgan fingerprint density at radius 1 is 0.542 bits per heavy atom. The van der Waals surface area contributed by atoms with Gasteiger partial charge in [-0.15, -0.1) is 0 Å². The number of ether oxygens (including phenoxy) is 6. The molecule has 0 saturated carbocycles. The van der Waals surface area contributed by atoms with E-state index < -0.39 is 11.9 Å². The summed E-state index contributed by atoms with van der Waals surface area (Å²) in [6.07, 6.45) is 8.99. The number of esters is 4. The molecular formula is C38H44O10. The largest absolute Gasteiger partial charge is 0.494 e. The topological polar surface area (TPSA) is 124 Å². The molecule has 3 rings (SSSR count). The van der Waals surface area contributed by atoms with Crippen LogP contribution in [0.2, 0.25) is 0 Å². The summed E-state index contributed by atoms with van der Waals surface area (Å²) in [6, 6.07) is 19.6. The maximum absolute atomic E-state index is 12.6. The summed E-state index contributed by atoms with van der Waals surface area (Å²) in [5.41, 5.74) is 0.735. The van der Waals surface area contributed by atoms with E-state index >= 15 is 0 Å². The van der Waals surface area contributed by atoms with Crippen molar-refractivity contribution in [3.8, 4) is 23.0 Å². The Labute approximate surface area is 281 Å². The van der Waals surface area contributed by atoms with Crippen LogP contribution in [-0.2, 0) is 19.1 Å². The minimum Gasteiger partial charge on any atom is -0.494 e. The summed E-state index contributed by atoms with van der Waals surface area (Å²) in [5.74, 6) is 0.419. The van der Waals surface area contributed by atoms with Gasteiger partial charge in [0.05, 0.1) is 37.2 Å². The molecule has 0 radical (unpaired) electrons. The van der Waals surface area contributed by atoms with Crippen LogP contribution in [0.4, 0.5) is 0 Å². The Hall–Kier alpha value is -5.12. The molecule has 0 N–H and O–H groups in total. The van der Waals surface area contributed by atoms with Crippen molar-refractivity contribution < 1.29 is 47.6 Å². The highest BCUT2D eigenvalue weighted by Gasteiger charge is 2.12. The van der Waals surface area contributed by atoms with Crippen LogP contribution in [0.15, 0.2) is 85.6 Å². The predicted octanol–water partition coefficient (Wildman–Crippen LogP) is 8.03. The first-order valence-electron chi connectivity index (χ1n) is 16.3. The van der Waals surface area contributed by atoms with Gasteiger partial charge in [-0.05, 0) is 111 Å². The number of carbonyl (C=O) groups is 4. The molecule has 10 nitrogen and oxygen atoms in total. The quantitative estimate of drug-likeness (QED) is 0.0453. The van der Waals surface area contributed by atoms with Gasteiger partial charge in [-0.25, -0.2) is 9.59 Å². The number of benzene rings is 3. The number of carbonyl (C=O) groups excluding carboxylic acids is 4. The third kappa shape index (κ3) is 14.5. The minimum atomic E-state index is -0.529. The van der Waals surface area contributed by atoms with Crippen molar-refractivity contribution in [1.82, 2.24) is 0 Å². The molecule has 0 heterocycles. The normalized spacial score (nSPS) is 10.4. The molecule has 0 aromatic heterocycles. The first-order chi connectivity index (χ1) is 23.4. The lowest BCUT2D eigenvalue weighted by atomic mass is 10.1. The standard InChI is InChI=1S/C38H44O10/c1-3-35(39)46-28-12-8-7-11-27-45-32-20-16-30(17-21-32)38(42)48-34-24-22-33(23-25-34)47-37(41)29-14-18-31(19-15-29)44-26-10-6-5-9-13-36(40)43-4-2/h4,14-25H,2-3,5-13,26-28H2,1H3. The van der Waals surface area contributed by atoms with Gasteiger partial charge in [-0.2, -0.15) is 0 Å². The molecule has 3 aromatic carbocycles. The lowest BCUT2D eigenvalue weighted by Gasteiger charge is -2.09. The van der Waals surface area contributed by atoms with E-state index in [2.05, 4.69) is 11.3 Å². The van der Waals surface area contributed by atoms with Gasteiger partial charge in [0.1, 0.15) is 23.0 Å². The minimum absolute atomic E-state index is 0.170. The summed E-state index contributed by atoms with van der Waals surface area (Å²) in [4.78, 5) is 47.6. The molecule has 0 aliphatic heterocycles. The summed E-state index contributed by atoms with van der Waals surface area (Å²) in [7, 11) is 0. The van der Waals surface area contributed by atoms with Gasteiger partial charge >= 0.3 is 23.9 Å². The van der Waals surface area contributed by atoms with Gasteiger partial charge in [-0.3, -0.25) is 9.59 Å². The van der Waals surface area contributed by atoms with E-state index in [1.54, 1.807) is 79.7 Å². The van der Waals surface area contributed by atoms with Crippen LogP contribution in [0.5, 0.6) is 23.0 Å². The molecule has 0 bridgehead atoms. The maximum Gasteiger partial charge on any atom is 0.343 e. The molecule has 0 saturated heterocycles. The van der Waals surface area contributed by atoms with Crippen molar-refractivity contribution in [3.63, 3.8) is 0 Å². The van der Waals surface area contributed by atoms with Crippen molar-refractivity contribution in [2.24, 2.45) is 0 Å². The summed E-state index contributed by atoms with van der Waals surface area (Å²) in [5, 5.41) is 0. The zero-order valence-corrected chi connectivity index (χ0v) is 27.5. The zero-order chi connectivity index (χ0) is 34.4. The second kappa shape index (κ2) is 21.6. The monoisotopic (exact) mass is 660 g/mol. The molecule has 3 aromatic rings. The second-order valence-electron chi connectivity index (χ2n) is 10.8. The Bertz CT molecular complexity index is 1430. The fourth-order valence-electron chi connectivity index (χ4n) is 4.38. The van der Waals surface area contributed by atoms with Crippen LogP contribution in [-0.4, -0.2) is 43.7 Å². The predicted molar refractivity (Wildman–Crippen MR) is 179 cm³/mol. The van der Waals surface area contributed by atoms with E-state index in [-0.39, 0.29) is 11.9 Å². The summed E-state index contributed by atoms with van der Waals surface area (Å²) >= 11 is 0. The number of rotatable bonds is 22. The third-order valence-corrected chi connectivity index (χ3v) is 7.04. The molecule has 0 aliphatic carbocycles. The van der Waals surface area contributed by atoms with E-state index in [4.69, 9.17) is 23.7 Å². The maximum atomic E-state index is 12.6. The van der Waals surface area contributed by atoms with Gasteiger partial charge in [0.2, 0.25) is 0 Å². The summed E-state index contributed by atoms with van der Waals surface area (Å²) in [6.45, 7) is 6.67. The molecule has 0 fully saturated rings. The Morgan fingerprint density at radius 3 is 1.40 bits per heavy atom. The van der Waals surface area contributed by atoms with Gasteiger partial charge in [0.15, 0.2) is 0 Å². The van der Waals surface area contributed by atoms with Crippen molar-refractivity contribution in [3.05, 3.63) is 96.8 Å². The number of unbranched alkanes of at least 4 members (excludes halogenated alkanes) is 6. The lowest BCUT2D eigenvalue weighted by molar-refractivity contribution is -0.143. The van der Waals surface area contributed by atoms with E-state index in [1.165, 1.54) is 0 Å². The van der Waals surface area contributed by atoms with Crippen LogP contribution < -0.4 is 18.9 Å². The van der Waals surface area contributed by atoms with Gasteiger partial charge in [0, 0.05) is 12.8 Å². The van der Waals surface area contributed by atoms with Crippen molar-refractivity contribution in [1.29, 1.82) is 0 Å². The molecule has 0 unspecified atom stereocenters. The Kier molecular flexibility index (Phi) is 16.8.